The Labute approximate surface area is 166 Å². The van der Waals surface area contributed by atoms with E-state index in [4.69, 9.17) is 17.3 Å². The molecule has 0 radical (unpaired) electrons. The van der Waals surface area contributed by atoms with Crippen molar-refractivity contribution in [2.24, 2.45) is 0 Å². The summed E-state index contributed by atoms with van der Waals surface area (Å²) in [6, 6.07) is 8.59. The number of hydrogen-bond donors (Lipinski definition) is 2. The number of nitrogens with one attached hydrogen (secondary N) is 1. The fourth-order valence-corrected chi connectivity index (χ4v) is 3.92. The molecule has 1 aromatic carbocycles. The molecule has 0 saturated carbocycles. The van der Waals surface area contributed by atoms with Gasteiger partial charge in [0.25, 0.3) is 0 Å². The first-order chi connectivity index (χ1) is 12.8. The van der Waals surface area contributed by atoms with Crippen LogP contribution in [0.3, 0.4) is 0 Å². The molecular formula is C21H31N4OS+. The Kier molecular flexibility index (Phi) is 5.99. The van der Waals surface area contributed by atoms with Crippen LogP contribution in [0.4, 0.5) is 0 Å². The molecular weight excluding hydrogens is 356 g/mol. The van der Waals surface area contributed by atoms with Crippen molar-refractivity contribution in [1.29, 1.82) is 0 Å². The number of quaternary nitrogens is 1. The average Bonchev–Trinajstić information content (AvgIpc) is 2.91. The largest absolute Gasteiger partial charge is 0.387 e. The molecule has 0 spiro atoms. The van der Waals surface area contributed by atoms with Crippen LogP contribution in [-0.4, -0.2) is 38.6 Å². The van der Waals surface area contributed by atoms with Gasteiger partial charge in [-0.2, -0.15) is 4.68 Å². The van der Waals surface area contributed by atoms with Gasteiger partial charge in [0.1, 0.15) is 12.6 Å². The molecule has 1 saturated heterocycles. The second kappa shape index (κ2) is 8.09. The minimum Gasteiger partial charge on any atom is -0.387 e. The monoisotopic (exact) mass is 387 g/mol. The maximum atomic E-state index is 9.95. The van der Waals surface area contributed by atoms with E-state index < -0.39 is 0 Å². The molecule has 5 nitrogen and oxygen atoms in total. The van der Waals surface area contributed by atoms with Gasteiger partial charge >= 0.3 is 0 Å². The molecule has 2 N–H and O–H groups in total. The molecule has 1 fully saturated rings. The first-order valence-corrected chi connectivity index (χ1v) is 10.1. The second-order valence-corrected chi connectivity index (χ2v) is 8.86. The Morgan fingerprint density at radius 2 is 2.04 bits per heavy atom. The molecule has 1 aromatic heterocycles. The van der Waals surface area contributed by atoms with Gasteiger partial charge in [-0.1, -0.05) is 51.1 Å². The molecule has 1 aliphatic rings. The van der Waals surface area contributed by atoms with Crippen LogP contribution in [0.15, 0.2) is 36.9 Å². The van der Waals surface area contributed by atoms with Crippen LogP contribution < -0.4 is 4.90 Å². The van der Waals surface area contributed by atoms with E-state index >= 15 is 0 Å². The molecule has 6 heteroatoms. The van der Waals surface area contributed by atoms with Crippen molar-refractivity contribution in [3.63, 3.8) is 0 Å². The van der Waals surface area contributed by atoms with Crippen LogP contribution in [0.5, 0.6) is 0 Å². The van der Waals surface area contributed by atoms with Crippen molar-refractivity contribution < 1.29 is 10.0 Å². The van der Waals surface area contributed by atoms with Gasteiger partial charge in [-0.3, -0.25) is 4.57 Å². The van der Waals surface area contributed by atoms with E-state index in [0.29, 0.717) is 18.0 Å². The predicted molar refractivity (Wildman–Crippen MR) is 111 cm³/mol. The fourth-order valence-electron chi connectivity index (χ4n) is 3.65. The van der Waals surface area contributed by atoms with Crippen LogP contribution >= 0.6 is 12.2 Å². The summed E-state index contributed by atoms with van der Waals surface area (Å²) < 4.78 is 4.64. The number of likely N-dealkylation sites (tertiary alicyclic amines) is 1. The Balaban J connectivity index is 1.92. The highest BCUT2D eigenvalue weighted by atomic mass is 32.1. The van der Waals surface area contributed by atoms with E-state index in [9.17, 15) is 5.11 Å². The summed E-state index contributed by atoms with van der Waals surface area (Å²) in [7, 11) is 0. The summed E-state index contributed by atoms with van der Waals surface area (Å²) >= 11 is 5.70. The van der Waals surface area contributed by atoms with Gasteiger partial charge in [-0.25, -0.2) is 0 Å². The number of piperidine rings is 1. The van der Waals surface area contributed by atoms with E-state index in [1.165, 1.54) is 10.5 Å². The van der Waals surface area contributed by atoms with Crippen molar-refractivity contribution in [3.8, 4) is 11.4 Å². The van der Waals surface area contributed by atoms with Crippen molar-refractivity contribution in [3.05, 3.63) is 47.3 Å². The first-order valence-electron chi connectivity index (χ1n) is 9.70. The van der Waals surface area contributed by atoms with Gasteiger partial charge in [0.15, 0.2) is 12.5 Å². The molecule has 27 heavy (non-hydrogen) atoms. The van der Waals surface area contributed by atoms with Crippen LogP contribution in [0.1, 0.15) is 39.2 Å². The quantitative estimate of drug-likeness (QED) is 0.612. The molecule has 0 bridgehead atoms. The van der Waals surface area contributed by atoms with Crippen LogP contribution in [-0.2, 0) is 18.6 Å². The van der Waals surface area contributed by atoms with Gasteiger partial charge in [0, 0.05) is 12.1 Å². The lowest BCUT2D eigenvalue weighted by Crippen LogP contribution is -3.13. The highest BCUT2D eigenvalue weighted by Gasteiger charge is 2.23. The number of aromatic nitrogens is 3. The zero-order valence-corrected chi connectivity index (χ0v) is 17.4. The zero-order chi connectivity index (χ0) is 19.6. The van der Waals surface area contributed by atoms with E-state index in [2.05, 4.69) is 51.6 Å². The zero-order valence-electron chi connectivity index (χ0n) is 16.6. The molecule has 2 aromatic rings. The molecule has 2 heterocycles. The average molecular weight is 388 g/mol. The Morgan fingerprint density at radius 1 is 1.33 bits per heavy atom. The number of nitrogens with zero attached hydrogens (tertiary/aromatic N) is 3. The van der Waals surface area contributed by atoms with Gasteiger partial charge in [-0.05, 0) is 36.0 Å². The maximum absolute atomic E-state index is 9.95. The fraction of sp³-hybridized carbons (Fsp3) is 0.524. The number of hydrogen-bond acceptors (Lipinski definition) is 3. The van der Waals surface area contributed by atoms with Crippen LogP contribution in [0, 0.1) is 4.77 Å². The molecule has 2 atom stereocenters. The number of aliphatic hydroxyl groups excluding tert-OH is 1. The van der Waals surface area contributed by atoms with Gasteiger partial charge in [0.2, 0.25) is 4.77 Å². The Morgan fingerprint density at radius 3 is 2.63 bits per heavy atom. The molecule has 0 amide bonds. The minimum atomic E-state index is -0.220. The number of benzene rings is 1. The third kappa shape index (κ3) is 4.57. The summed E-state index contributed by atoms with van der Waals surface area (Å²) in [5, 5.41) is 14.8. The Hall–Kier alpha value is -1.76. The van der Waals surface area contributed by atoms with Gasteiger partial charge in [0.05, 0.1) is 6.54 Å². The minimum absolute atomic E-state index is 0.122. The molecule has 1 unspecified atom stereocenters. The summed E-state index contributed by atoms with van der Waals surface area (Å²) in [6.07, 6.45) is 3.57. The van der Waals surface area contributed by atoms with E-state index in [0.717, 1.165) is 37.3 Å². The number of allylic oxidation sites excluding steroid dienone is 1. The van der Waals surface area contributed by atoms with E-state index in [-0.39, 0.29) is 11.5 Å². The lowest BCUT2D eigenvalue weighted by Gasteiger charge is -2.26. The summed E-state index contributed by atoms with van der Waals surface area (Å²) in [4.78, 5) is 1.32. The van der Waals surface area contributed by atoms with Crippen molar-refractivity contribution in [1.82, 2.24) is 14.3 Å². The molecule has 146 valence electrons. The smallest absolute Gasteiger partial charge is 0.203 e. The normalized spacial score (nSPS) is 20.6. The number of aliphatic hydroxyl groups is 1. The highest BCUT2D eigenvalue weighted by Crippen LogP contribution is 2.25. The molecule has 3 rings (SSSR count). The third-order valence-electron chi connectivity index (χ3n) is 5.21. The predicted octanol–water partition coefficient (Wildman–Crippen LogP) is 2.56. The summed E-state index contributed by atoms with van der Waals surface area (Å²) in [5.41, 5.74) is 2.48. The number of rotatable bonds is 5. The van der Waals surface area contributed by atoms with E-state index in [1.807, 2.05) is 15.3 Å². The van der Waals surface area contributed by atoms with Crippen LogP contribution in [0.25, 0.3) is 11.4 Å². The molecule has 0 aliphatic carbocycles. The Bertz CT molecular complexity index is 845. The maximum Gasteiger partial charge on any atom is 0.203 e. The lowest BCUT2D eigenvalue weighted by molar-refractivity contribution is -0.931. The standard InChI is InChI=1S/C21H30N4OS/c1-5-12-24-19(16-8-10-17(11-9-16)21(2,3)4)22-25(20(24)27)15-23-13-6-7-18(26)14-23/h5,8-11,18,26H,1,6-7,12-15H2,2-4H3/p+1/t18-/m1/s1. The SMILES string of the molecule is C=CCn1c(-c2ccc(C(C)(C)C)cc2)nn(C[NH+]2CCC[C@@H](O)C2)c1=S. The topological polar surface area (TPSA) is 47.4 Å². The van der Waals surface area contributed by atoms with Crippen molar-refractivity contribution >= 4 is 12.2 Å². The second-order valence-electron chi connectivity index (χ2n) is 8.49. The summed E-state index contributed by atoms with van der Waals surface area (Å²) in [5.74, 6) is 0.873. The lowest BCUT2D eigenvalue weighted by atomic mass is 9.87. The van der Waals surface area contributed by atoms with Crippen molar-refractivity contribution in [2.45, 2.75) is 58.3 Å². The van der Waals surface area contributed by atoms with Gasteiger partial charge in [-0.15, -0.1) is 11.7 Å². The summed E-state index contributed by atoms with van der Waals surface area (Å²) in [6.45, 7) is 13.6. The van der Waals surface area contributed by atoms with E-state index in [1.54, 1.807) is 0 Å². The third-order valence-corrected chi connectivity index (χ3v) is 5.64. The first kappa shape index (κ1) is 20.0. The van der Waals surface area contributed by atoms with Crippen LogP contribution in [0.2, 0.25) is 0 Å². The highest BCUT2D eigenvalue weighted by molar-refractivity contribution is 7.71. The molecule has 1 aliphatic heterocycles. The van der Waals surface area contributed by atoms with Gasteiger partial charge < -0.3 is 10.0 Å². The van der Waals surface area contributed by atoms with Crippen molar-refractivity contribution in [2.75, 3.05) is 13.1 Å².